The molecule has 0 aliphatic heterocycles. The molecule has 4 rings (SSSR count). The summed E-state index contributed by atoms with van der Waals surface area (Å²) in [5.41, 5.74) is 2.80. The van der Waals surface area contributed by atoms with E-state index in [4.69, 9.17) is 21.4 Å². The summed E-state index contributed by atoms with van der Waals surface area (Å²) in [5.74, 6) is 1.42. The second kappa shape index (κ2) is 8.59. The van der Waals surface area contributed by atoms with E-state index >= 15 is 0 Å². The molecule has 0 radical (unpaired) electrons. The fourth-order valence-corrected chi connectivity index (χ4v) is 3.32. The third-order valence-corrected chi connectivity index (χ3v) is 4.77. The van der Waals surface area contributed by atoms with Gasteiger partial charge in [-0.2, -0.15) is 10.3 Å². The molecule has 1 N–H and O–H groups in total. The molecule has 8 nitrogen and oxygen atoms in total. The summed E-state index contributed by atoms with van der Waals surface area (Å²) >= 11 is 6.25. The van der Waals surface area contributed by atoms with Crippen LogP contribution in [0.25, 0.3) is 22.2 Å². The molecule has 4 aromatic rings. The average molecular weight is 412 g/mol. The predicted octanol–water partition coefficient (Wildman–Crippen LogP) is 3.25. The van der Waals surface area contributed by atoms with Gasteiger partial charge >= 0.3 is 0 Å². The van der Waals surface area contributed by atoms with Gasteiger partial charge in [-0.05, 0) is 63.0 Å². The van der Waals surface area contributed by atoms with Crippen molar-refractivity contribution in [1.29, 1.82) is 0 Å². The van der Waals surface area contributed by atoms with Crippen LogP contribution in [-0.4, -0.2) is 62.6 Å². The first-order chi connectivity index (χ1) is 14.1. The van der Waals surface area contributed by atoms with Crippen LogP contribution in [0.15, 0.2) is 42.5 Å². The minimum Gasteiger partial charge on any atom is -0.494 e. The number of fused-ring (bicyclic) bond motifs is 1. The summed E-state index contributed by atoms with van der Waals surface area (Å²) in [5, 5.41) is 20.6. The number of rotatable bonds is 8. The van der Waals surface area contributed by atoms with E-state index in [1.807, 2.05) is 47.1 Å². The molecule has 29 heavy (non-hydrogen) atoms. The number of nitrogens with one attached hydrogen (secondary N) is 1. The molecule has 0 fully saturated rings. The van der Waals surface area contributed by atoms with Crippen LogP contribution in [0.1, 0.15) is 12.2 Å². The Hall–Kier alpha value is -2.97. The fourth-order valence-electron chi connectivity index (χ4n) is 3.15. The molecule has 9 heteroatoms. The van der Waals surface area contributed by atoms with Gasteiger partial charge in [-0.15, -0.1) is 10.2 Å². The molecule has 2 aromatic carbocycles. The Morgan fingerprint density at radius 3 is 2.69 bits per heavy atom. The van der Waals surface area contributed by atoms with Crippen LogP contribution < -0.4 is 4.74 Å². The van der Waals surface area contributed by atoms with Crippen LogP contribution in [0.2, 0.25) is 5.02 Å². The van der Waals surface area contributed by atoms with Crippen molar-refractivity contribution in [3.63, 3.8) is 0 Å². The van der Waals surface area contributed by atoms with Crippen LogP contribution in [0.3, 0.4) is 0 Å². The summed E-state index contributed by atoms with van der Waals surface area (Å²) in [4.78, 5) is 2.15. The molecular formula is C20H22ClN7O. The van der Waals surface area contributed by atoms with Gasteiger partial charge in [0.15, 0.2) is 5.82 Å². The van der Waals surface area contributed by atoms with Crippen LogP contribution >= 0.6 is 11.6 Å². The highest BCUT2D eigenvalue weighted by Crippen LogP contribution is 2.31. The maximum Gasteiger partial charge on any atom is 0.195 e. The molecule has 2 aromatic heterocycles. The van der Waals surface area contributed by atoms with E-state index in [1.54, 1.807) is 0 Å². The molecule has 0 bridgehead atoms. The molecule has 150 valence electrons. The molecule has 0 aliphatic rings. The molecule has 0 spiro atoms. The minimum atomic E-state index is 0.418. The van der Waals surface area contributed by atoms with Crippen molar-refractivity contribution in [1.82, 2.24) is 35.3 Å². The zero-order valence-corrected chi connectivity index (χ0v) is 17.1. The van der Waals surface area contributed by atoms with Gasteiger partial charge in [0.2, 0.25) is 0 Å². The summed E-state index contributed by atoms with van der Waals surface area (Å²) in [7, 11) is 4.12. The van der Waals surface area contributed by atoms with Crippen molar-refractivity contribution in [2.24, 2.45) is 0 Å². The fraction of sp³-hybridized carbons (Fsp3) is 0.300. The molecular weight excluding hydrogens is 390 g/mol. The highest BCUT2D eigenvalue weighted by molar-refractivity contribution is 6.31. The number of nitrogens with zero attached hydrogens (tertiary/aromatic N) is 6. The van der Waals surface area contributed by atoms with E-state index in [2.05, 4.69) is 39.6 Å². The standard InChI is InChI=1S/C20H22ClN7O/c1-27(2)10-3-11-29-16-7-4-14(5-8-16)20-17-12-15(21)6-9-18(17)28(24-20)13-19-22-25-26-23-19/h4-9,12H,3,10-11,13H2,1-2H3,(H,22,23,25,26). The van der Waals surface area contributed by atoms with Gasteiger partial charge in [0.1, 0.15) is 18.0 Å². The number of H-pyrrole nitrogens is 1. The van der Waals surface area contributed by atoms with Crippen molar-refractivity contribution >= 4 is 22.5 Å². The lowest BCUT2D eigenvalue weighted by molar-refractivity contribution is 0.281. The van der Waals surface area contributed by atoms with Crippen LogP contribution in [0, 0.1) is 0 Å². The Kier molecular flexibility index (Phi) is 5.73. The number of aromatic amines is 1. The second-order valence-corrected chi connectivity index (χ2v) is 7.46. The first-order valence-electron chi connectivity index (χ1n) is 9.36. The van der Waals surface area contributed by atoms with Crippen molar-refractivity contribution in [3.05, 3.63) is 53.3 Å². The lowest BCUT2D eigenvalue weighted by atomic mass is 10.1. The third kappa shape index (κ3) is 4.55. The normalized spacial score (nSPS) is 11.4. The van der Waals surface area contributed by atoms with E-state index in [9.17, 15) is 0 Å². The van der Waals surface area contributed by atoms with Gasteiger partial charge in [-0.3, -0.25) is 4.68 Å². The molecule has 0 unspecified atom stereocenters. The van der Waals surface area contributed by atoms with Gasteiger partial charge in [0.25, 0.3) is 0 Å². The lowest BCUT2D eigenvalue weighted by Gasteiger charge is -2.10. The Labute approximate surface area is 173 Å². The van der Waals surface area contributed by atoms with E-state index < -0.39 is 0 Å². The topological polar surface area (TPSA) is 84.8 Å². The van der Waals surface area contributed by atoms with Gasteiger partial charge < -0.3 is 9.64 Å². The quantitative estimate of drug-likeness (QED) is 0.448. The van der Waals surface area contributed by atoms with Gasteiger partial charge in [-0.25, -0.2) is 0 Å². The van der Waals surface area contributed by atoms with E-state index in [0.717, 1.165) is 40.9 Å². The van der Waals surface area contributed by atoms with Crippen LogP contribution in [0.4, 0.5) is 0 Å². The smallest absolute Gasteiger partial charge is 0.195 e. The molecule has 0 aliphatic carbocycles. The lowest BCUT2D eigenvalue weighted by Crippen LogP contribution is -2.15. The highest BCUT2D eigenvalue weighted by atomic mass is 35.5. The van der Waals surface area contributed by atoms with E-state index in [0.29, 0.717) is 24.0 Å². The number of benzene rings is 2. The van der Waals surface area contributed by atoms with Gasteiger partial charge in [-0.1, -0.05) is 16.8 Å². The first-order valence-corrected chi connectivity index (χ1v) is 9.74. The average Bonchev–Trinajstić information content (AvgIpc) is 3.34. The molecule has 0 amide bonds. The number of hydrogen-bond acceptors (Lipinski definition) is 6. The van der Waals surface area contributed by atoms with Crippen molar-refractivity contribution in [3.8, 4) is 17.0 Å². The number of tetrazole rings is 1. The van der Waals surface area contributed by atoms with Crippen LogP contribution in [-0.2, 0) is 6.54 Å². The maximum absolute atomic E-state index is 6.25. The number of aromatic nitrogens is 6. The highest BCUT2D eigenvalue weighted by Gasteiger charge is 2.14. The zero-order valence-electron chi connectivity index (χ0n) is 16.3. The molecule has 0 saturated heterocycles. The summed E-state index contributed by atoms with van der Waals surface area (Å²) in [6.45, 7) is 2.11. The zero-order chi connectivity index (χ0) is 20.2. The number of ether oxygens (including phenoxy) is 1. The molecule has 2 heterocycles. The van der Waals surface area contributed by atoms with Crippen molar-refractivity contribution < 1.29 is 4.74 Å². The second-order valence-electron chi connectivity index (χ2n) is 7.03. The van der Waals surface area contributed by atoms with Gasteiger partial charge in [0, 0.05) is 22.5 Å². The molecule has 0 saturated carbocycles. The maximum atomic E-state index is 6.25. The van der Waals surface area contributed by atoms with Crippen molar-refractivity contribution in [2.45, 2.75) is 13.0 Å². The molecule has 0 atom stereocenters. The summed E-state index contributed by atoms with van der Waals surface area (Å²) in [6, 6.07) is 13.7. The SMILES string of the molecule is CN(C)CCCOc1ccc(-c2nn(Cc3nn[nH]n3)c3ccc(Cl)cc23)cc1. The van der Waals surface area contributed by atoms with Crippen molar-refractivity contribution in [2.75, 3.05) is 27.2 Å². The Morgan fingerprint density at radius 1 is 1.14 bits per heavy atom. The number of hydrogen-bond donors (Lipinski definition) is 1. The monoisotopic (exact) mass is 411 g/mol. The number of halogens is 1. The predicted molar refractivity (Wildman–Crippen MR) is 112 cm³/mol. The summed E-state index contributed by atoms with van der Waals surface area (Å²) < 4.78 is 7.69. The minimum absolute atomic E-state index is 0.418. The first kappa shape index (κ1) is 19.4. The Morgan fingerprint density at radius 2 is 1.97 bits per heavy atom. The third-order valence-electron chi connectivity index (χ3n) is 4.54. The Bertz CT molecular complexity index is 1070. The van der Waals surface area contributed by atoms with Crippen LogP contribution in [0.5, 0.6) is 5.75 Å². The Balaban J connectivity index is 1.59. The largest absolute Gasteiger partial charge is 0.494 e. The van der Waals surface area contributed by atoms with E-state index in [-0.39, 0.29) is 0 Å². The summed E-state index contributed by atoms with van der Waals surface area (Å²) in [6.07, 6.45) is 0.985. The van der Waals surface area contributed by atoms with Gasteiger partial charge in [0.05, 0.1) is 12.1 Å². The van der Waals surface area contributed by atoms with E-state index in [1.165, 1.54) is 0 Å².